The van der Waals surface area contributed by atoms with Crippen molar-refractivity contribution in [2.45, 2.75) is 166 Å². The Labute approximate surface area is 322 Å². The summed E-state index contributed by atoms with van der Waals surface area (Å²) in [5.74, 6) is -1.18. The van der Waals surface area contributed by atoms with Crippen molar-refractivity contribution in [3.05, 3.63) is 60.8 Å². The first-order chi connectivity index (χ1) is 25.9. The van der Waals surface area contributed by atoms with E-state index in [1.54, 1.807) is 0 Å². The predicted octanol–water partition coefficient (Wildman–Crippen LogP) is 6.21. The van der Waals surface area contributed by atoms with E-state index in [2.05, 4.69) is 62.5 Å². The van der Waals surface area contributed by atoms with E-state index in [-0.39, 0.29) is 12.8 Å². The molecule has 0 heterocycles. The summed E-state index contributed by atoms with van der Waals surface area (Å²) < 4.78 is 33.2. The Morgan fingerprint density at radius 2 is 1.06 bits per heavy atom. The molecule has 0 aromatic carbocycles. The van der Waals surface area contributed by atoms with Crippen LogP contribution in [-0.4, -0.2) is 98.3 Å². The highest BCUT2D eigenvalue weighted by Crippen LogP contribution is 2.47. The fourth-order valence-electron chi connectivity index (χ4n) is 5.44. The van der Waals surface area contributed by atoms with Crippen molar-refractivity contribution in [1.82, 2.24) is 0 Å². The number of unbranched alkanes of at least 4 members (excludes halogenated alkanes) is 8. The van der Waals surface area contributed by atoms with Gasteiger partial charge in [-0.2, -0.15) is 0 Å². The van der Waals surface area contributed by atoms with E-state index in [0.717, 1.165) is 57.8 Å². The number of allylic oxidation sites excluding steroid dienone is 10. The first kappa shape index (κ1) is 49.6. The molecule has 0 bridgehead atoms. The maximum atomic E-state index is 12.7. The van der Waals surface area contributed by atoms with Crippen molar-refractivity contribution in [3.8, 4) is 0 Å². The fraction of sp³-hybridized carbons (Fsp3) is 0.700. The van der Waals surface area contributed by atoms with Gasteiger partial charge in [-0.05, 0) is 51.4 Å². The van der Waals surface area contributed by atoms with Crippen LogP contribution in [0.5, 0.6) is 0 Å². The van der Waals surface area contributed by atoms with Crippen molar-refractivity contribution < 1.29 is 63.1 Å². The largest absolute Gasteiger partial charge is 0.472 e. The van der Waals surface area contributed by atoms with Crippen LogP contribution in [0.4, 0.5) is 0 Å². The molecule has 6 unspecified atom stereocenters. The van der Waals surface area contributed by atoms with Crippen LogP contribution in [0.2, 0.25) is 0 Å². The predicted molar refractivity (Wildman–Crippen MR) is 207 cm³/mol. The van der Waals surface area contributed by atoms with Crippen LogP contribution < -0.4 is 0 Å². The lowest BCUT2D eigenvalue weighted by Crippen LogP contribution is -2.64. The van der Waals surface area contributed by atoms with Gasteiger partial charge >= 0.3 is 19.8 Å². The minimum Gasteiger partial charge on any atom is -0.462 e. The Hall–Kier alpha value is -2.45. The number of aliphatic hydroxyl groups excluding tert-OH is 5. The Bertz CT molecular complexity index is 1180. The van der Waals surface area contributed by atoms with Crippen LogP contribution >= 0.6 is 7.82 Å². The summed E-state index contributed by atoms with van der Waals surface area (Å²) in [6, 6.07) is 0. The van der Waals surface area contributed by atoms with E-state index in [1.165, 1.54) is 19.3 Å². The van der Waals surface area contributed by atoms with Crippen molar-refractivity contribution in [2.75, 3.05) is 13.2 Å². The second-order valence-electron chi connectivity index (χ2n) is 13.4. The molecule has 54 heavy (non-hydrogen) atoms. The molecule has 0 radical (unpaired) electrons. The molecule has 0 amide bonds. The zero-order valence-electron chi connectivity index (χ0n) is 32.2. The van der Waals surface area contributed by atoms with Gasteiger partial charge in [-0.25, -0.2) is 4.57 Å². The third-order valence-corrected chi connectivity index (χ3v) is 9.61. The van der Waals surface area contributed by atoms with Gasteiger partial charge in [0, 0.05) is 12.8 Å². The summed E-state index contributed by atoms with van der Waals surface area (Å²) in [5.41, 5.74) is 0. The smallest absolute Gasteiger partial charge is 0.462 e. The number of aliphatic hydroxyl groups is 5. The second kappa shape index (κ2) is 30.7. The third kappa shape index (κ3) is 23.5. The summed E-state index contributed by atoms with van der Waals surface area (Å²) >= 11 is 0. The Morgan fingerprint density at radius 3 is 1.59 bits per heavy atom. The summed E-state index contributed by atoms with van der Waals surface area (Å²) in [6.07, 6.45) is 21.8. The van der Waals surface area contributed by atoms with Crippen molar-refractivity contribution >= 4 is 19.8 Å². The summed E-state index contributed by atoms with van der Waals surface area (Å²) in [4.78, 5) is 35.4. The van der Waals surface area contributed by atoms with Crippen LogP contribution in [0.25, 0.3) is 0 Å². The van der Waals surface area contributed by atoms with Gasteiger partial charge < -0.3 is 39.9 Å². The minimum atomic E-state index is -5.12. The molecule has 1 aliphatic carbocycles. The average Bonchev–Trinajstić information content (AvgIpc) is 3.15. The zero-order valence-corrected chi connectivity index (χ0v) is 33.1. The van der Waals surface area contributed by atoms with Crippen molar-refractivity contribution in [3.63, 3.8) is 0 Å². The highest BCUT2D eigenvalue weighted by molar-refractivity contribution is 7.47. The van der Waals surface area contributed by atoms with Gasteiger partial charge in [0.05, 0.1) is 6.61 Å². The van der Waals surface area contributed by atoms with E-state index in [0.29, 0.717) is 19.3 Å². The standard InChI is InChI=1S/C40H67O13P/c1-3-5-7-9-11-13-14-15-16-17-18-19-20-21-23-25-27-29-34(42)52-32(30-50-33(41)28-26-24-22-12-10-8-6-4-2)31-51-54(48,49)53-40-38(46)36(44)35(43)37(45)39(40)47/h5,7,11,13,15-16,18-19,21,23,32,35-40,43-47H,3-4,6,8-10,12,14,17,20,22,24-31H2,1-2H3,(H,48,49)/b7-5+,13-11+,16-15+,19-18+,23-21+/t32-,35?,36+,37?,38?,39?,40?/m1/s1. The molecule has 0 saturated heterocycles. The van der Waals surface area contributed by atoms with Crippen molar-refractivity contribution in [2.24, 2.45) is 0 Å². The number of rotatable bonds is 30. The van der Waals surface area contributed by atoms with Crippen LogP contribution in [0, 0.1) is 0 Å². The molecule has 310 valence electrons. The minimum absolute atomic E-state index is 0.0167. The van der Waals surface area contributed by atoms with Crippen LogP contribution in [0.3, 0.4) is 0 Å². The third-order valence-electron chi connectivity index (χ3n) is 8.62. The van der Waals surface area contributed by atoms with Crippen LogP contribution in [-0.2, 0) is 32.7 Å². The molecule has 0 aromatic heterocycles. The molecule has 13 nitrogen and oxygen atoms in total. The normalized spacial score (nSPS) is 23.9. The Kier molecular flexibility index (Phi) is 28.2. The molecule has 0 aliphatic heterocycles. The quantitative estimate of drug-likeness (QED) is 0.0207. The van der Waals surface area contributed by atoms with Gasteiger partial charge in [0.1, 0.15) is 43.2 Å². The lowest BCUT2D eigenvalue weighted by molar-refractivity contribution is -0.220. The van der Waals surface area contributed by atoms with Gasteiger partial charge in [0.2, 0.25) is 0 Å². The maximum absolute atomic E-state index is 12.7. The average molecular weight is 787 g/mol. The summed E-state index contributed by atoms with van der Waals surface area (Å²) in [6.45, 7) is 3.05. The molecule has 1 aliphatic rings. The Morgan fingerprint density at radius 1 is 0.593 bits per heavy atom. The number of ether oxygens (including phenoxy) is 2. The highest BCUT2D eigenvalue weighted by Gasteiger charge is 2.51. The van der Waals surface area contributed by atoms with Gasteiger partial charge in [-0.15, -0.1) is 0 Å². The topological polar surface area (TPSA) is 210 Å². The van der Waals surface area contributed by atoms with Crippen LogP contribution in [0.1, 0.15) is 123 Å². The number of carbonyl (C=O) groups excluding carboxylic acids is 2. The molecule has 1 rings (SSSR count). The van der Waals surface area contributed by atoms with Gasteiger partial charge in [0.15, 0.2) is 6.10 Å². The molecule has 14 heteroatoms. The molecule has 0 aromatic rings. The number of carbonyl (C=O) groups is 2. The van der Waals surface area contributed by atoms with Gasteiger partial charge in [0.25, 0.3) is 0 Å². The summed E-state index contributed by atoms with van der Waals surface area (Å²) in [7, 11) is -5.12. The second-order valence-corrected chi connectivity index (χ2v) is 14.8. The molecule has 6 N–H and O–H groups in total. The molecule has 1 fully saturated rings. The lowest BCUT2D eigenvalue weighted by Gasteiger charge is -2.41. The number of phosphoric acid groups is 1. The SMILES string of the molecule is CC/C=C/C/C=C/C/C=C/C/C=C/C/C=C/CCCC(=O)O[C@H](COC(=O)CCCCCCCCCC)COP(=O)(O)OC1C(O)C(O)C(O)[C@H](O)C1O. The number of phosphoric ester groups is 1. The molecular formula is C40H67O13P. The molecule has 8 atom stereocenters. The fourth-order valence-corrected chi connectivity index (χ4v) is 6.41. The molecule has 0 spiro atoms. The van der Waals surface area contributed by atoms with E-state index in [9.17, 15) is 44.6 Å². The van der Waals surface area contributed by atoms with E-state index < -0.39 is 75.7 Å². The molecular weight excluding hydrogens is 719 g/mol. The van der Waals surface area contributed by atoms with Gasteiger partial charge in [-0.1, -0.05) is 120 Å². The van der Waals surface area contributed by atoms with E-state index in [4.69, 9.17) is 18.5 Å². The number of hydrogen-bond acceptors (Lipinski definition) is 12. The van der Waals surface area contributed by atoms with Gasteiger partial charge in [-0.3, -0.25) is 18.6 Å². The first-order valence-electron chi connectivity index (χ1n) is 19.6. The first-order valence-corrected chi connectivity index (χ1v) is 21.1. The number of esters is 2. The molecule has 1 saturated carbocycles. The van der Waals surface area contributed by atoms with E-state index >= 15 is 0 Å². The summed E-state index contributed by atoms with van der Waals surface area (Å²) in [5, 5.41) is 49.9. The van der Waals surface area contributed by atoms with E-state index in [1.807, 2.05) is 12.2 Å². The number of hydrogen-bond donors (Lipinski definition) is 6. The monoisotopic (exact) mass is 786 g/mol. The van der Waals surface area contributed by atoms with Crippen LogP contribution in [0.15, 0.2) is 60.8 Å². The Balaban J connectivity index is 2.57. The maximum Gasteiger partial charge on any atom is 0.472 e. The highest BCUT2D eigenvalue weighted by atomic mass is 31.2. The van der Waals surface area contributed by atoms with Crippen molar-refractivity contribution in [1.29, 1.82) is 0 Å². The zero-order chi connectivity index (χ0) is 40.0. The lowest BCUT2D eigenvalue weighted by atomic mass is 9.85.